The van der Waals surface area contributed by atoms with Crippen molar-refractivity contribution in [3.63, 3.8) is 0 Å². The number of rotatable bonds is 3. The van der Waals surface area contributed by atoms with Crippen LogP contribution in [0.1, 0.15) is 23.2 Å². The molecule has 1 aromatic rings. The zero-order valence-electron chi connectivity index (χ0n) is 14.3. The number of carbonyl (C=O) groups excluding carboxylic acids is 2. The van der Waals surface area contributed by atoms with Crippen LogP contribution in [-0.2, 0) is 4.79 Å². The number of hydrogen-bond donors (Lipinski definition) is 1. The van der Waals surface area contributed by atoms with Crippen LogP contribution in [0, 0.1) is 11.6 Å². The number of aliphatic hydroxyl groups excluding tert-OH is 1. The number of nitrogens with zero attached hydrogens (tertiary/aromatic N) is 2. The van der Waals surface area contributed by atoms with Gasteiger partial charge in [0.25, 0.3) is 11.8 Å². The van der Waals surface area contributed by atoms with Crippen LogP contribution in [0.15, 0.2) is 30.0 Å². The quantitative estimate of drug-likeness (QED) is 0.804. The SMILES string of the molecule is CN(C=C1CCN(C(=O)[C@@H](O)C(F)(F)F)CC1)C(=O)c1ccc(F)cc1F. The zero-order chi connectivity index (χ0) is 20.4. The van der Waals surface area contributed by atoms with Crippen molar-refractivity contribution in [2.75, 3.05) is 20.1 Å². The standard InChI is InChI=1S/C17H17F5N2O3/c1-23(15(26)12-3-2-11(18)8-13(12)19)9-10-4-6-24(7-5-10)16(27)14(25)17(20,21)22/h2-3,8-9,14,25H,4-7H2,1H3/t14-/m1/s1. The van der Waals surface area contributed by atoms with Gasteiger partial charge in [-0.1, -0.05) is 5.57 Å². The molecule has 1 atom stereocenters. The van der Waals surface area contributed by atoms with E-state index in [1.165, 1.54) is 13.2 Å². The Labute approximate surface area is 151 Å². The number of halogens is 5. The highest BCUT2D eigenvalue weighted by molar-refractivity contribution is 5.95. The molecule has 0 aliphatic carbocycles. The molecule has 0 radical (unpaired) electrons. The monoisotopic (exact) mass is 392 g/mol. The fraction of sp³-hybridized carbons (Fsp3) is 0.412. The normalized spacial score (nSPS) is 16.1. The lowest BCUT2D eigenvalue weighted by atomic mass is 10.0. The number of likely N-dealkylation sites (tertiary alicyclic amines) is 1. The third-order valence-corrected chi connectivity index (χ3v) is 4.12. The minimum absolute atomic E-state index is 0.0508. The van der Waals surface area contributed by atoms with Crippen molar-refractivity contribution >= 4 is 11.8 Å². The van der Waals surface area contributed by atoms with E-state index in [4.69, 9.17) is 5.11 Å². The van der Waals surface area contributed by atoms with E-state index in [0.29, 0.717) is 11.6 Å². The van der Waals surface area contributed by atoms with Crippen molar-refractivity contribution in [3.05, 3.63) is 47.2 Å². The van der Waals surface area contributed by atoms with Gasteiger partial charge in [0.1, 0.15) is 11.6 Å². The summed E-state index contributed by atoms with van der Waals surface area (Å²) >= 11 is 0. The average Bonchev–Trinajstić information content (AvgIpc) is 2.59. The van der Waals surface area contributed by atoms with Crippen LogP contribution in [0.4, 0.5) is 22.0 Å². The van der Waals surface area contributed by atoms with Crippen molar-refractivity contribution in [2.24, 2.45) is 0 Å². The predicted molar refractivity (Wildman–Crippen MR) is 84.4 cm³/mol. The first kappa shape index (κ1) is 20.8. The highest BCUT2D eigenvalue weighted by Crippen LogP contribution is 2.24. The van der Waals surface area contributed by atoms with E-state index < -0.39 is 35.7 Å². The highest BCUT2D eigenvalue weighted by atomic mass is 19.4. The second-order valence-corrected chi connectivity index (χ2v) is 6.10. The summed E-state index contributed by atoms with van der Waals surface area (Å²) in [5.41, 5.74) is 0.343. The Morgan fingerprint density at radius 3 is 2.33 bits per heavy atom. The van der Waals surface area contributed by atoms with Gasteiger partial charge in [-0.2, -0.15) is 13.2 Å². The van der Waals surface area contributed by atoms with E-state index in [1.54, 1.807) is 0 Å². The molecule has 0 spiro atoms. The lowest BCUT2D eigenvalue weighted by Gasteiger charge is -2.31. The molecule has 0 saturated carbocycles. The Kier molecular flexibility index (Phi) is 6.19. The first-order valence-corrected chi connectivity index (χ1v) is 7.96. The molecular formula is C17H17F5N2O3. The van der Waals surface area contributed by atoms with Crippen molar-refractivity contribution in [3.8, 4) is 0 Å². The van der Waals surface area contributed by atoms with Crippen LogP contribution < -0.4 is 0 Å². The molecule has 1 fully saturated rings. The van der Waals surface area contributed by atoms with Crippen molar-refractivity contribution in [1.29, 1.82) is 0 Å². The topological polar surface area (TPSA) is 60.9 Å². The summed E-state index contributed by atoms with van der Waals surface area (Å²) in [6.45, 7) is -0.102. The second-order valence-electron chi connectivity index (χ2n) is 6.10. The molecule has 0 aromatic heterocycles. The first-order chi connectivity index (χ1) is 12.5. The molecule has 2 rings (SSSR count). The van der Waals surface area contributed by atoms with Crippen LogP contribution in [-0.4, -0.2) is 59.1 Å². The molecule has 1 aliphatic rings. The molecule has 27 heavy (non-hydrogen) atoms. The van der Waals surface area contributed by atoms with Gasteiger partial charge in [-0.25, -0.2) is 8.78 Å². The molecule has 1 saturated heterocycles. The lowest BCUT2D eigenvalue weighted by Crippen LogP contribution is -2.48. The number of benzene rings is 1. The molecule has 1 N–H and O–H groups in total. The molecule has 10 heteroatoms. The van der Waals surface area contributed by atoms with E-state index in [1.807, 2.05) is 0 Å². The van der Waals surface area contributed by atoms with Crippen molar-refractivity contribution < 1.29 is 36.6 Å². The van der Waals surface area contributed by atoms with Gasteiger partial charge in [-0.3, -0.25) is 9.59 Å². The van der Waals surface area contributed by atoms with Gasteiger partial charge in [0.05, 0.1) is 5.56 Å². The van der Waals surface area contributed by atoms with Crippen LogP contribution in [0.25, 0.3) is 0 Å². The maximum atomic E-state index is 13.7. The second kappa shape index (κ2) is 8.03. The minimum atomic E-state index is -5.03. The van der Waals surface area contributed by atoms with Gasteiger partial charge in [0, 0.05) is 32.4 Å². The highest BCUT2D eigenvalue weighted by Gasteiger charge is 2.45. The maximum Gasteiger partial charge on any atom is 0.423 e. The molecule has 2 amide bonds. The Morgan fingerprint density at radius 1 is 1.22 bits per heavy atom. The number of aliphatic hydroxyl groups is 1. The zero-order valence-corrected chi connectivity index (χ0v) is 14.3. The van der Waals surface area contributed by atoms with E-state index in [2.05, 4.69) is 0 Å². The van der Waals surface area contributed by atoms with Gasteiger partial charge in [0.2, 0.25) is 6.10 Å². The van der Waals surface area contributed by atoms with Crippen molar-refractivity contribution in [1.82, 2.24) is 9.80 Å². The Balaban J connectivity index is 1.99. The number of alkyl halides is 3. The molecule has 0 unspecified atom stereocenters. The lowest BCUT2D eigenvalue weighted by molar-refractivity contribution is -0.210. The van der Waals surface area contributed by atoms with E-state index in [0.717, 1.165) is 21.9 Å². The van der Waals surface area contributed by atoms with Crippen molar-refractivity contribution in [2.45, 2.75) is 25.1 Å². The third-order valence-electron chi connectivity index (χ3n) is 4.12. The van der Waals surface area contributed by atoms with Gasteiger partial charge < -0.3 is 14.9 Å². The molecular weight excluding hydrogens is 375 g/mol. The van der Waals surface area contributed by atoms with E-state index in [-0.39, 0.29) is 31.5 Å². The summed E-state index contributed by atoms with van der Waals surface area (Å²) in [7, 11) is 1.36. The molecule has 0 bridgehead atoms. The fourth-order valence-electron chi connectivity index (χ4n) is 2.64. The van der Waals surface area contributed by atoms with Gasteiger partial charge in [-0.05, 0) is 25.0 Å². The fourth-order valence-corrected chi connectivity index (χ4v) is 2.64. The maximum absolute atomic E-state index is 13.7. The summed E-state index contributed by atoms with van der Waals surface area (Å²) in [6.07, 6.45) is -6.29. The molecule has 1 aromatic carbocycles. The third kappa shape index (κ3) is 5.03. The van der Waals surface area contributed by atoms with Gasteiger partial charge >= 0.3 is 6.18 Å². The molecule has 148 valence electrons. The number of amides is 2. The average molecular weight is 392 g/mol. The Morgan fingerprint density at radius 2 is 1.81 bits per heavy atom. The Bertz CT molecular complexity index is 753. The predicted octanol–water partition coefficient (Wildman–Crippen LogP) is 2.47. The minimum Gasteiger partial charge on any atom is -0.376 e. The molecule has 5 nitrogen and oxygen atoms in total. The summed E-state index contributed by atoms with van der Waals surface area (Å²) in [4.78, 5) is 25.8. The Hall–Kier alpha value is -2.49. The molecule has 1 heterocycles. The summed E-state index contributed by atoms with van der Waals surface area (Å²) in [5.74, 6) is -3.96. The number of hydrogen-bond acceptors (Lipinski definition) is 3. The van der Waals surface area contributed by atoms with E-state index in [9.17, 15) is 31.5 Å². The van der Waals surface area contributed by atoms with Crippen LogP contribution in [0.3, 0.4) is 0 Å². The summed E-state index contributed by atoms with van der Waals surface area (Å²) < 4.78 is 63.8. The smallest absolute Gasteiger partial charge is 0.376 e. The van der Waals surface area contributed by atoms with Gasteiger partial charge in [-0.15, -0.1) is 0 Å². The van der Waals surface area contributed by atoms with Crippen LogP contribution >= 0.6 is 0 Å². The summed E-state index contributed by atoms with van der Waals surface area (Å²) in [5, 5.41) is 9.02. The largest absolute Gasteiger partial charge is 0.423 e. The number of piperidine rings is 1. The van der Waals surface area contributed by atoms with Crippen LogP contribution in [0.5, 0.6) is 0 Å². The first-order valence-electron chi connectivity index (χ1n) is 7.96. The van der Waals surface area contributed by atoms with Crippen LogP contribution in [0.2, 0.25) is 0 Å². The summed E-state index contributed by atoms with van der Waals surface area (Å²) in [6, 6.07) is 2.55. The van der Waals surface area contributed by atoms with Gasteiger partial charge in [0.15, 0.2) is 0 Å². The number of carbonyl (C=O) groups is 2. The van der Waals surface area contributed by atoms with E-state index >= 15 is 0 Å². The molecule has 1 aliphatic heterocycles.